The number of hydrogen-bond donors (Lipinski definition) is 0. The van der Waals surface area contributed by atoms with Crippen LogP contribution in [-0.2, 0) is 15.0 Å². The summed E-state index contributed by atoms with van der Waals surface area (Å²) in [6, 6.07) is 3.83. The predicted octanol–water partition coefficient (Wildman–Crippen LogP) is 1.83. The maximum atomic E-state index is 13.1. The Morgan fingerprint density at radius 1 is 1.39 bits per heavy atom. The number of rotatable bonds is 2. The van der Waals surface area contributed by atoms with Crippen molar-refractivity contribution >= 4 is 44.4 Å². The number of carbonyl (C=O) groups is 1. The standard InChI is InChI=1S/C10H8F2INO3S/c11-6-1-2-8(13)9(3-6)14-5-7(4-10(14)15)18(12,16)17/h1-3,7H,4-5H2. The first-order valence-electron chi connectivity index (χ1n) is 4.98. The summed E-state index contributed by atoms with van der Waals surface area (Å²) in [5.41, 5.74) is 0.270. The van der Waals surface area contributed by atoms with E-state index in [1.165, 1.54) is 12.1 Å². The highest BCUT2D eigenvalue weighted by atomic mass is 127. The summed E-state index contributed by atoms with van der Waals surface area (Å²) in [5, 5.41) is -1.37. The van der Waals surface area contributed by atoms with Crippen molar-refractivity contribution in [2.24, 2.45) is 0 Å². The first-order valence-corrected chi connectivity index (χ1v) is 7.50. The molecule has 1 fully saturated rings. The highest BCUT2D eigenvalue weighted by Crippen LogP contribution is 2.30. The SMILES string of the molecule is O=C1CC(S(=O)(=O)F)CN1c1cc(F)ccc1I. The monoisotopic (exact) mass is 387 g/mol. The number of hydrogen-bond acceptors (Lipinski definition) is 3. The molecule has 0 saturated carbocycles. The Morgan fingerprint density at radius 2 is 2.06 bits per heavy atom. The van der Waals surface area contributed by atoms with Crippen LogP contribution >= 0.6 is 22.6 Å². The van der Waals surface area contributed by atoms with E-state index in [0.717, 1.165) is 11.0 Å². The zero-order chi connectivity index (χ0) is 13.5. The van der Waals surface area contributed by atoms with Crippen LogP contribution in [0, 0.1) is 9.39 Å². The highest BCUT2D eigenvalue weighted by Gasteiger charge is 2.39. The second-order valence-corrected chi connectivity index (χ2v) is 6.68. The number of halogens is 3. The average molecular weight is 387 g/mol. The molecule has 4 nitrogen and oxygen atoms in total. The van der Waals surface area contributed by atoms with Gasteiger partial charge in [-0.2, -0.15) is 8.42 Å². The van der Waals surface area contributed by atoms with Gasteiger partial charge in [0.2, 0.25) is 5.91 Å². The third-order valence-corrected chi connectivity index (χ3v) is 4.71. The molecule has 1 aliphatic heterocycles. The first-order chi connectivity index (χ1) is 8.29. The molecule has 0 N–H and O–H groups in total. The van der Waals surface area contributed by atoms with E-state index >= 15 is 0 Å². The van der Waals surface area contributed by atoms with Crippen molar-refractivity contribution in [3.05, 3.63) is 27.6 Å². The molecule has 0 radical (unpaired) electrons. The Kier molecular flexibility index (Phi) is 3.58. The van der Waals surface area contributed by atoms with Gasteiger partial charge in [0.05, 0.1) is 5.69 Å². The van der Waals surface area contributed by atoms with Crippen LogP contribution in [0.1, 0.15) is 6.42 Å². The largest absolute Gasteiger partial charge is 0.310 e. The lowest BCUT2D eigenvalue weighted by atomic mass is 10.3. The van der Waals surface area contributed by atoms with Crippen LogP contribution in [-0.4, -0.2) is 26.1 Å². The van der Waals surface area contributed by atoms with Crippen molar-refractivity contribution in [3.63, 3.8) is 0 Å². The molecule has 1 aliphatic rings. The predicted molar refractivity (Wildman–Crippen MR) is 69.9 cm³/mol. The molecular formula is C10H8F2INO3S. The molecular weight excluding hydrogens is 379 g/mol. The molecule has 1 amide bonds. The van der Waals surface area contributed by atoms with Gasteiger partial charge in [-0.25, -0.2) is 4.39 Å². The Labute approximate surface area is 116 Å². The summed E-state index contributed by atoms with van der Waals surface area (Å²) in [6.45, 7) is -0.281. The lowest BCUT2D eigenvalue weighted by Gasteiger charge is -2.17. The quantitative estimate of drug-likeness (QED) is 0.575. The molecule has 2 rings (SSSR count). The fourth-order valence-electron chi connectivity index (χ4n) is 1.79. The first kappa shape index (κ1) is 13.7. The van der Waals surface area contributed by atoms with Crippen molar-refractivity contribution in [3.8, 4) is 0 Å². The molecule has 0 spiro atoms. The van der Waals surface area contributed by atoms with E-state index in [9.17, 15) is 21.5 Å². The van der Waals surface area contributed by atoms with E-state index in [0.29, 0.717) is 3.57 Å². The summed E-state index contributed by atoms with van der Waals surface area (Å²) < 4.78 is 48.1. The molecule has 18 heavy (non-hydrogen) atoms. The zero-order valence-corrected chi connectivity index (χ0v) is 11.9. The van der Waals surface area contributed by atoms with Crippen molar-refractivity contribution in [2.75, 3.05) is 11.4 Å². The van der Waals surface area contributed by atoms with Gasteiger partial charge in [0, 0.05) is 16.5 Å². The molecule has 1 aromatic carbocycles. The van der Waals surface area contributed by atoms with Crippen LogP contribution in [0.4, 0.5) is 14.0 Å². The van der Waals surface area contributed by atoms with Gasteiger partial charge in [0.25, 0.3) is 0 Å². The van der Waals surface area contributed by atoms with E-state index in [2.05, 4.69) is 0 Å². The van der Waals surface area contributed by atoms with Crippen molar-refractivity contribution in [1.82, 2.24) is 0 Å². The van der Waals surface area contributed by atoms with E-state index < -0.39 is 33.6 Å². The number of anilines is 1. The second kappa shape index (κ2) is 4.72. The fourth-order valence-corrected chi connectivity index (χ4v) is 3.08. The van der Waals surface area contributed by atoms with Crippen LogP contribution in [0.3, 0.4) is 0 Å². The summed E-state index contributed by atoms with van der Waals surface area (Å²) in [6.07, 6.45) is -0.411. The third kappa shape index (κ3) is 2.63. The summed E-state index contributed by atoms with van der Waals surface area (Å²) in [4.78, 5) is 12.8. The fraction of sp³-hybridized carbons (Fsp3) is 0.300. The lowest BCUT2D eigenvalue weighted by Crippen LogP contribution is -2.27. The number of amides is 1. The van der Waals surface area contributed by atoms with E-state index in [1.54, 1.807) is 0 Å². The summed E-state index contributed by atoms with van der Waals surface area (Å²) in [5.74, 6) is -1.06. The number of benzene rings is 1. The molecule has 0 aromatic heterocycles. The van der Waals surface area contributed by atoms with Gasteiger partial charge < -0.3 is 4.90 Å². The Bertz CT molecular complexity index is 605. The van der Waals surface area contributed by atoms with Crippen LogP contribution in [0.2, 0.25) is 0 Å². The lowest BCUT2D eigenvalue weighted by molar-refractivity contribution is -0.117. The van der Waals surface area contributed by atoms with Crippen LogP contribution in [0.5, 0.6) is 0 Å². The van der Waals surface area contributed by atoms with E-state index in [-0.39, 0.29) is 12.2 Å². The molecule has 1 unspecified atom stereocenters. The van der Waals surface area contributed by atoms with Crippen molar-refractivity contribution in [2.45, 2.75) is 11.7 Å². The van der Waals surface area contributed by atoms with Crippen molar-refractivity contribution in [1.29, 1.82) is 0 Å². The third-order valence-electron chi connectivity index (χ3n) is 2.69. The Balaban J connectivity index is 2.35. The molecule has 1 saturated heterocycles. The van der Waals surface area contributed by atoms with Gasteiger partial charge in [0.1, 0.15) is 11.1 Å². The number of carbonyl (C=O) groups excluding carboxylic acids is 1. The topological polar surface area (TPSA) is 54.5 Å². The second-order valence-electron chi connectivity index (χ2n) is 3.90. The molecule has 8 heteroatoms. The minimum Gasteiger partial charge on any atom is -0.310 e. The van der Waals surface area contributed by atoms with Crippen molar-refractivity contribution < 1.29 is 21.5 Å². The smallest absolute Gasteiger partial charge is 0.307 e. The van der Waals surface area contributed by atoms with E-state index in [4.69, 9.17) is 0 Å². The minimum absolute atomic E-state index is 0.270. The van der Waals surface area contributed by atoms with Gasteiger partial charge in [-0.15, -0.1) is 3.89 Å². The van der Waals surface area contributed by atoms with Crippen LogP contribution in [0.25, 0.3) is 0 Å². The Hall–Kier alpha value is -0.770. The maximum absolute atomic E-state index is 13.1. The number of nitrogens with zero attached hydrogens (tertiary/aromatic N) is 1. The molecule has 98 valence electrons. The van der Waals surface area contributed by atoms with Gasteiger partial charge in [0.15, 0.2) is 0 Å². The van der Waals surface area contributed by atoms with Gasteiger partial charge in [-0.3, -0.25) is 4.79 Å². The zero-order valence-electron chi connectivity index (χ0n) is 8.94. The van der Waals surface area contributed by atoms with Crippen LogP contribution < -0.4 is 4.90 Å². The van der Waals surface area contributed by atoms with Gasteiger partial charge in [-0.05, 0) is 40.8 Å². The maximum Gasteiger partial charge on any atom is 0.307 e. The van der Waals surface area contributed by atoms with Gasteiger partial charge >= 0.3 is 10.2 Å². The summed E-state index contributed by atoms with van der Waals surface area (Å²) >= 11 is 1.90. The van der Waals surface area contributed by atoms with E-state index in [1.807, 2.05) is 22.6 Å². The Morgan fingerprint density at radius 3 is 2.61 bits per heavy atom. The summed E-state index contributed by atoms with van der Waals surface area (Å²) in [7, 11) is -4.76. The molecule has 1 heterocycles. The molecule has 1 aromatic rings. The molecule has 1 atom stereocenters. The molecule has 0 aliphatic carbocycles. The highest BCUT2D eigenvalue weighted by molar-refractivity contribution is 14.1. The molecule has 0 bridgehead atoms. The minimum atomic E-state index is -4.76. The van der Waals surface area contributed by atoms with Gasteiger partial charge in [-0.1, -0.05) is 0 Å². The normalized spacial score (nSPS) is 20.5. The average Bonchev–Trinajstić information content (AvgIpc) is 2.64. The van der Waals surface area contributed by atoms with Crippen LogP contribution in [0.15, 0.2) is 18.2 Å².